The number of hydrogen-bond donors (Lipinski definition) is 4. The van der Waals surface area contributed by atoms with E-state index in [0.29, 0.717) is 23.0 Å². The van der Waals surface area contributed by atoms with Gasteiger partial charge in [0.2, 0.25) is 0 Å². The van der Waals surface area contributed by atoms with Gasteiger partial charge in [0, 0.05) is 11.6 Å². The third kappa shape index (κ3) is 1.79. The van der Waals surface area contributed by atoms with Gasteiger partial charge in [-0.2, -0.15) is 0 Å². The molecule has 5 rings (SSSR count). The molecule has 20 heavy (non-hydrogen) atoms. The van der Waals surface area contributed by atoms with E-state index < -0.39 is 0 Å². The van der Waals surface area contributed by atoms with Crippen LogP contribution in [0, 0.1) is 17.8 Å². The lowest BCUT2D eigenvalue weighted by atomic mass is 9.53. The number of rotatable bonds is 2. The molecule has 0 aliphatic heterocycles. The molecule has 5 heteroatoms. The van der Waals surface area contributed by atoms with Crippen molar-refractivity contribution in [1.82, 2.24) is 4.98 Å². The zero-order valence-electron chi connectivity index (χ0n) is 11.7. The molecule has 0 amide bonds. The Morgan fingerprint density at radius 2 is 1.55 bits per heavy atom. The summed E-state index contributed by atoms with van der Waals surface area (Å²) in [6, 6.07) is 1.63. The van der Waals surface area contributed by atoms with E-state index in [1.807, 2.05) is 0 Å². The van der Waals surface area contributed by atoms with Crippen molar-refractivity contribution in [3.05, 3.63) is 6.07 Å². The number of nitrogen functional groups attached to an aromatic ring is 3. The van der Waals surface area contributed by atoms with Crippen LogP contribution in [0.4, 0.5) is 23.0 Å². The van der Waals surface area contributed by atoms with E-state index in [9.17, 15) is 0 Å². The fraction of sp³-hybridized carbons (Fsp3) is 0.667. The summed E-state index contributed by atoms with van der Waals surface area (Å²) in [5.41, 5.74) is 19.0. The standard InChI is InChI=1S/C15H23N5/c16-11-4-12(17)19-14(13(11)18)20-15-5-8-1-9(6-15)3-10(2-8)7-15/h4,8-10H,1-3,5-7,18H2,(H5,16,17,19,20). The Bertz CT molecular complexity index is 518. The first-order valence-electron chi connectivity index (χ1n) is 7.63. The Kier molecular flexibility index (Phi) is 2.38. The van der Waals surface area contributed by atoms with E-state index in [1.54, 1.807) is 6.07 Å². The number of nitrogens with two attached hydrogens (primary N) is 3. The van der Waals surface area contributed by atoms with Crippen LogP contribution in [0.1, 0.15) is 38.5 Å². The van der Waals surface area contributed by atoms with E-state index in [-0.39, 0.29) is 5.54 Å². The van der Waals surface area contributed by atoms with E-state index in [0.717, 1.165) is 17.8 Å². The van der Waals surface area contributed by atoms with Gasteiger partial charge in [-0.05, 0) is 56.3 Å². The zero-order valence-corrected chi connectivity index (χ0v) is 11.7. The molecule has 4 fully saturated rings. The van der Waals surface area contributed by atoms with Gasteiger partial charge in [0.1, 0.15) is 5.82 Å². The summed E-state index contributed by atoms with van der Waals surface area (Å²) in [5, 5.41) is 3.64. The quantitative estimate of drug-likeness (QED) is 0.661. The van der Waals surface area contributed by atoms with Gasteiger partial charge in [0.25, 0.3) is 0 Å². The van der Waals surface area contributed by atoms with Crippen molar-refractivity contribution in [3.63, 3.8) is 0 Å². The highest BCUT2D eigenvalue weighted by Crippen LogP contribution is 2.56. The molecule has 4 aliphatic carbocycles. The molecule has 1 aromatic rings. The van der Waals surface area contributed by atoms with Crippen LogP contribution >= 0.6 is 0 Å². The highest BCUT2D eigenvalue weighted by Gasteiger charge is 2.51. The maximum atomic E-state index is 6.08. The minimum atomic E-state index is 0.177. The molecule has 0 aromatic carbocycles. The van der Waals surface area contributed by atoms with Gasteiger partial charge in [0.05, 0.1) is 11.4 Å². The van der Waals surface area contributed by atoms with E-state index in [1.165, 1.54) is 38.5 Å². The molecule has 0 unspecified atom stereocenters. The van der Waals surface area contributed by atoms with Gasteiger partial charge in [-0.3, -0.25) is 0 Å². The average molecular weight is 273 g/mol. The van der Waals surface area contributed by atoms with E-state index >= 15 is 0 Å². The molecular weight excluding hydrogens is 250 g/mol. The van der Waals surface area contributed by atoms with Crippen molar-refractivity contribution in [1.29, 1.82) is 0 Å². The van der Waals surface area contributed by atoms with Crippen molar-refractivity contribution in [2.24, 2.45) is 17.8 Å². The van der Waals surface area contributed by atoms with Crippen LogP contribution in [-0.4, -0.2) is 10.5 Å². The number of anilines is 4. The second kappa shape index (κ2) is 3.93. The fourth-order valence-corrected chi connectivity index (χ4v) is 5.21. The van der Waals surface area contributed by atoms with Crippen molar-refractivity contribution in [2.45, 2.75) is 44.1 Å². The number of pyridine rings is 1. The van der Waals surface area contributed by atoms with E-state index in [4.69, 9.17) is 17.2 Å². The topological polar surface area (TPSA) is 103 Å². The second-order valence-corrected chi connectivity index (χ2v) is 7.22. The normalized spacial score (nSPS) is 38.1. The summed E-state index contributed by atoms with van der Waals surface area (Å²) in [6.07, 6.45) is 7.99. The first kappa shape index (κ1) is 12.1. The summed E-state index contributed by atoms with van der Waals surface area (Å²) in [6.45, 7) is 0. The third-order valence-corrected chi connectivity index (χ3v) is 5.53. The van der Waals surface area contributed by atoms with Crippen LogP contribution in [0.3, 0.4) is 0 Å². The Morgan fingerprint density at radius 1 is 1.00 bits per heavy atom. The van der Waals surface area contributed by atoms with Crippen molar-refractivity contribution >= 4 is 23.0 Å². The first-order chi connectivity index (χ1) is 9.53. The lowest BCUT2D eigenvalue weighted by molar-refractivity contribution is 0.0106. The predicted molar refractivity (Wildman–Crippen MR) is 82.0 cm³/mol. The number of nitrogens with one attached hydrogen (secondary N) is 1. The smallest absolute Gasteiger partial charge is 0.154 e. The monoisotopic (exact) mass is 273 g/mol. The van der Waals surface area contributed by atoms with Crippen molar-refractivity contribution in [2.75, 3.05) is 22.5 Å². The fourth-order valence-electron chi connectivity index (χ4n) is 5.21. The SMILES string of the molecule is Nc1cc(N)c(N)c(NC23CC4CC(CC(C4)C2)C3)n1. The minimum absolute atomic E-state index is 0.177. The molecule has 0 radical (unpaired) electrons. The van der Waals surface area contributed by atoms with Crippen LogP contribution in [0.15, 0.2) is 6.07 Å². The molecule has 0 spiro atoms. The van der Waals surface area contributed by atoms with Gasteiger partial charge < -0.3 is 22.5 Å². The van der Waals surface area contributed by atoms with E-state index in [2.05, 4.69) is 10.3 Å². The highest BCUT2D eigenvalue weighted by molar-refractivity contribution is 5.78. The molecule has 4 bridgehead atoms. The molecule has 0 saturated heterocycles. The third-order valence-electron chi connectivity index (χ3n) is 5.53. The molecular formula is C15H23N5. The van der Waals surface area contributed by atoms with Crippen LogP contribution in [0.25, 0.3) is 0 Å². The summed E-state index contributed by atoms with van der Waals surface area (Å²) in [5.74, 6) is 3.77. The van der Waals surface area contributed by atoms with Gasteiger partial charge in [-0.15, -0.1) is 0 Å². The summed E-state index contributed by atoms with van der Waals surface area (Å²) in [7, 11) is 0. The molecule has 1 heterocycles. The Labute approximate surface area is 119 Å². The summed E-state index contributed by atoms with van der Waals surface area (Å²) >= 11 is 0. The molecule has 7 N–H and O–H groups in total. The van der Waals surface area contributed by atoms with Crippen molar-refractivity contribution in [3.8, 4) is 0 Å². The molecule has 4 saturated carbocycles. The van der Waals surface area contributed by atoms with Crippen molar-refractivity contribution < 1.29 is 0 Å². The largest absolute Gasteiger partial charge is 0.397 e. The first-order valence-corrected chi connectivity index (χ1v) is 7.63. The number of nitrogens with zero attached hydrogens (tertiary/aromatic N) is 1. The summed E-state index contributed by atoms with van der Waals surface area (Å²) < 4.78 is 0. The van der Waals surface area contributed by atoms with Crippen LogP contribution in [0.2, 0.25) is 0 Å². The van der Waals surface area contributed by atoms with Gasteiger partial charge in [-0.25, -0.2) is 4.98 Å². The zero-order chi connectivity index (χ0) is 13.9. The maximum absolute atomic E-state index is 6.08. The minimum Gasteiger partial charge on any atom is -0.397 e. The number of hydrogen-bond acceptors (Lipinski definition) is 5. The maximum Gasteiger partial charge on any atom is 0.154 e. The molecule has 1 aromatic heterocycles. The lowest BCUT2D eigenvalue weighted by Gasteiger charge is -2.57. The summed E-state index contributed by atoms with van der Waals surface area (Å²) in [4.78, 5) is 4.37. The van der Waals surface area contributed by atoms with Gasteiger partial charge in [0.15, 0.2) is 5.82 Å². The molecule has 0 atom stereocenters. The lowest BCUT2D eigenvalue weighted by Crippen LogP contribution is -2.55. The Morgan fingerprint density at radius 3 is 2.10 bits per heavy atom. The van der Waals surface area contributed by atoms with Gasteiger partial charge in [-0.1, -0.05) is 0 Å². The Hall–Kier alpha value is -1.65. The second-order valence-electron chi connectivity index (χ2n) is 7.22. The number of aromatic nitrogens is 1. The Balaban J connectivity index is 1.66. The average Bonchev–Trinajstić information content (AvgIpc) is 2.33. The molecule has 5 nitrogen and oxygen atoms in total. The highest BCUT2D eigenvalue weighted by atomic mass is 15.1. The van der Waals surface area contributed by atoms with Crippen LogP contribution in [0.5, 0.6) is 0 Å². The molecule has 4 aliphatic rings. The van der Waals surface area contributed by atoms with Crippen LogP contribution in [-0.2, 0) is 0 Å². The molecule has 108 valence electrons. The van der Waals surface area contributed by atoms with Crippen LogP contribution < -0.4 is 22.5 Å². The van der Waals surface area contributed by atoms with Gasteiger partial charge >= 0.3 is 0 Å². The predicted octanol–water partition coefficient (Wildman–Crippen LogP) is 2.21.